The molecule has 1 aliphatic carbocycles. The minimum absolute atomic E-state index is 0.0719. The van der Waals surface area contributed by atoms with Gasteiger partial charge in [-0.25, -0.2) is 4.79 Å². The van der Waals surface area contributed by atoms with Gasteiger partial charge in [0.1, 0.15) is 11.2 Å². The van der Waals surface area contributed by atoms with Gasteiger partial charge in [-0.3, -0.25) is 4.79 Å². The molecular weight excluding hydrogens is 512 g/mol. The summed E-state index contributed by atoms with van der Waals surface area (Å²) in [7, 11) is 0. The van der Waals surface area contributed by atoms with Crippen molar-refractivity contribution in [1.82, 2.24) is 0 Å². The fraction of sp³-hybridized carbons (Fsp3) is 0.500. The summed E-state index contributed by atoms with van der Waals surface area (Å²) in [6.45, 7) is 7.01. The van der Waals surface area contributed by atoms with E-state index in [4.69, 9.17) is 9.47 Å². The van der Waals surface area contributed by atoms with Gasteiger partial charge in [-0.05, 0) is 55.5 Å². The maximum atomic E-state index is 13.2. The number of allylic oxidation sites excluding steroid dienone is 2. The summed E-state index contributed by atoms with van der Waals surface area (Å²) in [5, 5.41) is 10.4. The van der Waals surface area contributed by atoms with E-state index in [9.17, 15) is 14.7 Å². The molecule has 5 heteroatoms. The van der Waals surface area contributed by atoms with Crippen molar-refractivity contribution in [2.24, 2.45) is 0 Å². The smallest absolute Gasteiger partial charge is 0.338 e. The van der Waals surface area contributed by atoms with Crippen LogP contribution in [0.15, 0.2) is 72.8 Å². The number of benzene rings is 2. The number of unbranched alkanes of at least 4 members (excludes halogenated alkanes) is 8. The number of aliphatic carboxylic acids is 1. The van der Waals surface area contributed by atoms with Gasteiger partial charge in [0, 0.05) is 5.92 Å². The standard InChI is InChI=1S/C36H48O5/c1-4-6-8-10-11-15-27-40-31-21-19-29(20-22-31)30-23-25-36(26-24-30,35(38)39)33-18-14-13-17-32(33)34(37)41-28(3)16-12-9-7-5-2/h13-14,17-26,28,30H,4-12,15-16,27H2,1-3H3,(H,38,39)/t28-,30?,36?/m0/s1. The normalized spacial score (nSPS) is 18.7. The molecule has 5 nitrogen and oxygen atoms in total. The average molecular weight is 561 g/mol. The maximum Gasteiger partial charge on any atom is 0.338 e. The monoisotopic (exact) mass is 560 g/mol. The lowest BCUT2D eigenvalue weighted by Crippen LogP contribution is -2.35. The number of carboxylic acid groups (broad SMARTS) is 1. The van der Waals surface area contributed by atoms with Gasteiger partial charge in [0.05, 0.1) is 18.3 Å². The van der Waals surface area contributed by atoms with Crippen LogP contribution in [0.1, 0.15) is 119 Å². The molecular formula is C36H48O5. The molecule has 0 aliphatic heterocycles. The predicted molar refractivity (Wildman–Crippen MR) is 166 cm³/mol. The minimum atomic E-state index is -1.45. The number of rotatable bonds is 18. The van der Waals surface area contributed by atoms with Gasteiger partial charge in [-0.15, -0.1) is 0 Å². The predicted octanol–water partition coefficient (Wildman–Crippen LogP) is 9.17. The van der Waals surface area contributed by atoms with Crippen molar-refractivity contribution < 1.29 is 24.2 Å². The highest BCUT2D eigenvalue weighted by atomic mass is 16.5. The molecule has 222 valence electrons. The summed E-state index contributed by atoms with van der Waals surface area (Å²) in [5.74, 6) is -0.741. The van der Waals surface area contributed by atoms with Crippen LogP contribution < -0.4 is 4.74 Å². The Kier molecular flexibility index (Phi) is 13.2. The number of hydrogen-bond donors (Lipinski definition) is 1. The Balaban J connectivity index is 1.65. The summed E-state index contributed by atoms with van der Waals surface area (Å²) >= 11 is 0. The maximum absolute atomic E-state index is 13.2. The summed E-state index contributed by atoms with van der Waals surface area (Å²) in [6, 6.07) is 14.9. The van der Waals surface area contributed by atoms with Gasteiger partial charge in [0.25, 0.3) is 0 Å². The van der Waals surface area contributed by atoms with Gasteiger partial charge < -0.3 is 14.6 Å². The Morgan fingerprint density at radius 1 is 0.829 bits per heavy atom. The Hall–Kier alpha value is -3.34. The van der Waals surface area contributed by atoms with E-state index in [1.165, 1.54) is 38.5 Å². The zero-order valence-corrected chi connectivity index (χ0v) is 25.1. The van der Waals surface area contributed by atoms with E-state index in [0.717, 1.165) is 50.0 Å². The van der Waals surface area contributed by atoms with Crippen LogP contribution >= 0.6 is 0 Å². The van der Waals surface area contributed by atoms with Crippen LogP contribution in [0.5, 0.6) is 5.75 Å². The molecule has 0 spiro atoms. The fourth-order valence-electron chi connectivity index (χ4n) is 5.33. The molecule has 41 heavy (non-hydrogen) atoms. The summed E-state index contributed by atoms with van der Waals surface area (Å²) in [5.41, 5.74) is 0.305. The van der Waals surface area contributed by atoms with E-state index in [1.807, 2.05) is 43.3 Å². The lowest BCUT2D eigenvalue weighted by atomic mass is 9.73. The van der Waals surface area contributed by atoms with Crippen LogP contribution in [0, 0.1) is 0 Å². The van der Waals surface area contributed by atoms with E-state index in [2.05, 4.69) is 13.8 Å². The molecule has 0 heterocycles. The van der Waals surface area contributed by atoms with Gasteiger partial charge in [-0.1, -0.05) is 120 Å². The van der Waals surface area contributed by atoms with Gasteiger partial charge >= 0.3 is 11.9 Å². The van der Waals surface area contributed by atoms with Gasteiger partial charge in [0.2, 0.25) is 0 Å². The molecule has 3 rings (SSSR count). The number of ether oxygens (including phenoxy) is 2. The average Bonchev–Trinajstić information content (AvgIpc) is 2.99. The van der Waals surface area contributed by atoms with Crippen LogP contribution in [0.25, 0.3) is 0 Å². The highest BCUT2D eigenvalue weighted by Gasteiger charge is 2.40. The third-order valence-corrected chi connectivity index (χ3v) is 7.88. The number of carboxylic acids is 1. The minimum Gasteiger partial charge on any atom is -0.494 e. The Labute approximate surface area is 246 Å². The SMILES string of the molecule is CCCCCCCCOc1ccc(C2C=CC(C(=O)O)(c3ccccc3C(=O)O[C@@H](C)CCCCCC)C=C2)cc1. The first-order valence-corrected chi connectivity index (χ1v) is 15.6. The van der Waals surface area contributed by atoms with Gasteiger partial charge in [0.15, 0.2) is 0 Å². The highest BCUT2D eigenvalue weighted by molar-refractivity contribution is 5.97. The van der Waals surface area contributed by atoms with Gasteiger partial charge in [-0.2, -0.15) is 0 Å². The molecule has 0 fully saturated rings. The molecule has 0 bridgehead atoms. The molecule has 0 unspecified atom stereocenters. The first-order valence-electron chi connectivity index (χ1n) is 15.6. The lowest BCUT2D eigenvalue weighted by Gasteiger charge is -2.29. The number of carbonyl (C=O) groups excluding carboxylic acids is 1. The van der Waals surface area contributed by atoms with E-state index in [0.29, 0.717) is 5.56 Å². The number of hydrogen-bond acceptors (Lipinski definition) is 4. The third-order valence-electron chi connectivity index (χ3n) is 7.88. The van der Waals surface area contributed by atoms with Crippen LogP contribution in [0.4, 0.5) is 0 Å². The second kappa shape index (κ2) is 16.8. The first-order chi connectivity index (χ1) is 19.9. The fourth-order valence-corrected chi connectivity index (χ4v) is 5.33. The summed E-state index contributed by atoms with van der Waals surface area (Å²) in [4.78, 5) is 25.9. The van der Waals surface area contributed by atoms with Crippen molar-refractivity contribution in [1.29, 1.82) is 0 Å². The molecule has 1 N–H and O–H groups in total. The van der Waals surface area contributed by atoms with Crippen molar-refractivity contribution in [3.8, 4) is 5.75 Å². The second-order valence-corrected chi connectivity index (χ2v) is 11.2. The molecule has 1 atom stereocenters. The topological polar surface area (TPSA) is 72.8 Å². The molecule has 2 aromatic rings. The van der Waals surface area contributed by atoms with Crippen molar-refractivity contribution in [3.05, 3.63) is 89.5 Å². The quantitative estimate of drug-likeness (QED) is 0.112. The Morgan fingerprint density at radius 3 is 2.10 bits per heavy atom. The second-order valence-electron chi connectivity index (χ2n) is 11.2. The molecule has 2 aromatic carbocycles. The van der Waals surface area contributed by atoms with Crippen LogP contribution in [0.2, 0.25) is 0 Å². The van der Waals surface area contributed by atoms with E-state index < -0.39 is 17.4 Å². The largest absolute Gasteiger partial charge is 0.494 e. The molecule has 0 saturated carbocycles. The zero-order chi connectivity index (χ0) is 29.5. The molecule has 0 radical (unpaired) electrons. The first kappa shape index (κ1) is 32.2. The van der Waals surface area contributed by atoms with Crippen molar-refractivity contribution in [2.75, 3.05) is 6.61 Å². The number of carbonyl (C=O) groups is 2. The zero-order valence-electron chi connectivity index (χ0n) is 25.1. The van der Waals surface area contributed by atoms with Crippen molar-refractivity contribution >= 4 is 11.9 Å². The van der Waals surface area contributed by atoms with Crippen molar-refractivity contribution in [3.63, 3.8) is 0 Å². The van der Waals surface area contributed by atoms with Crippen LogP contribution in [0.3, 0.4) is 0 Å². The van der Waals surface area contributed by atoms with E-state index in [1.54, 1.807) is 36.4 Å². The summed E-state index contributed by atoms with van der Waals surface area (Å²) in [6.07, 6.45) is 19.6. The van der Waals surface area contributed by atoms with Crippen LogP contribution in [-0.2, 0) is 14.9 Å². The molecule has 0 aromatic heterocycles. The third kappa shape index (κ3) is 9.34. The number of esters is 1. The molecule has 0 saturated heterocycles. The van der Waals surface area contributed by atoms with Crippen LogP contribution in [-0.4, -0.2) is 29.8 Å². The Morgan fingerprint density at radius 2 is 1.44 bits per heavy atom. The molecule has 0 amide bonds. The summed E-state index contributed by atoms with van der Waals surface area (Å²) < 4.78 is 11.7. The lowest BCUT2D eigenvalue weighted by molar-refractivity contribution is -0.140. The van der Waals surface area contributed by atoms with E-state index >= 15 is 0 Å². The molecule has 1 aliphatic rings. The Bertz CT molecular complexity index is 1130. The highest BCUT2D eigenvalue weighted by Crippen LogP contribution is 2.38. The van der Waals surface area contributed by atoms with E-state index in [-0.39, 0.29) is 17.6 Å². The van der Waals surface area contributed by atoms with Crippen molar-refractivity contribution in [2.45, 2.75) is 109 Å².